The first kappa shape index (κ1) is 13.4. The van der Waals surface area contributed by atoms with Crippen molar-refractivity contribution in [2.24, 2.45) is 0 Å². The Bertz CT molecular complexity index is 234. The maximum Gasteiger partial charge on any atom is 0.339 e. The summed E-state index contributed by atoms with van der Waals surface area (Å²) in [6.45, 7) is 2.07. The van der Waals surface area contributed by atoms with Gasteiger partial charge in [0.1, 0.15) is 0 Å². The SMILES string of the molecule is CCCCCC=C(C(=O)O)C(=O)CBr. The summed E-state index contributed by atoms with van der Waals surface area (Å²) in [7, 11) is 0. The number of Topliss-reactive ketones (excluding diaryl/α,β-unsaturated/α-hetero) is 1. The van der Waals surface area contributed by atoms with E-state index in [4.69, 9.17) is 5.11 Å². The first-order chi connectivity index (χ1) is 6.63. The van der Waals surface area contributed by atoms with Crippen LogP contribution in [0.5, 0.6) is 0 Å². The van der Waals surface area contributed by atoms with Gasteiger partial charge < -0.3 is 5.11 Å². The Balaban J connectivity index is 4.20. The van der Waals surface area contributed by atoms with Crippen LogP contribution in [-0.2, 0) is 9.59 Å². The third kappa shape index (κ3) is 5.17. The predicted octanol–water partition coefficient (Wildman–Crippen LogP) is 2.54. The molecule has 0 heterocycles. The summed E-state index contributed by atoms with van der Waals surface area (Å²) in [4.78, 5) is 21.8. The van der Waals surface area contributed by atoms with Gasteiger partial charge in [0, 0.05) is 0 Å². The Morgan fingerprint density at radius 2 is 2.00 bits per heavy atom. The molecule has 1 N–H and O–H groups in total. The average molecular weight is 263 g/mol. The highest BCUT2D eigenvalue weighted by Gasteiger charge is 2.14. The van der Waals surface area contributed by atoms with E-state index in [1.165, 1.54) is 6.08 Å². The fraction of sp³-hybridized carbons (Fsp3) is 0.600. The number of ketones is 1. The molecule has 0 rings (SSSR count). The zero-order valence-electron chi connectivity index (χ0n) is 8.25. The number of hydrogen-bond donors (Lipinski definition) is 1. The minimum absolute atomic E-state index is 0.0684. The predicted molar refractivity (Wildman–Crippen MR) is 58.7 cm³/mol. The van der Waals surface area contributed by atoms with E-state index in [2.05, 4.69) is 22.9 Å². The molecule has 3 nitrogen and oxygen atoms in total. The fourth-order valence-corrected chi connectivity index (χ4v) is 1.34. The lowest BCUT2D eigenvalue weighted by atomic mass is 10.1. The van der Waals surface area contributed by atoms with Crippen molar-refractivity contribution in [3.05, 3.63) is 11.6 Å². The minimum atomic E-state index is -1.13. The van der Waals surface area contributed by atoms with Crippen LogP contribution < -0.4 is 0 Å². The van der Waals surface area contributed by atoms with Crippen LogP contribution in [0.3, 0.4) is 0 Å². The Hall–Kier alpha value is -0.640. The van der Waals surface area contributed by atoms with Crippen LogP contribution in [0.25, 0.3) is 0 Å². The highest BCUT2D eigenvalue weighted by Crippen LogP contribution is 2.06. The molecule has 4 heteroatoms. The lowest BCUT2D eigenvalue weighted by molar-refractivity contribution is -0.134. The zero-order valence-corrected chi connectivity index (χ0v) is 9.84. The molecule has 0 aromatic rings. The van der Waals surface area contributed by atoms with Crippen molar-refractivity contribution < 1.29 is 14.7 Å². The number of allylic oxidation sites excluding steroid dienone is 1. The summed E-state index contributed by atoms with van der Waals surface area (Å²) in [6.07, 6.45) is 5.26. The topological polar surface area (TPSA) is 54.4 Å². The highest BCUT2D eigenvalue weighted by atomic mass is 79.9. The summed E-state index contributed by atoms with van der Waals surface area (Å²) >= 11 is 2.95. The molecule has 0 spiro atoms. The summed E-state index contributed by atoms with van der Waals surface area (Å²) in [5, 5.41) is 8.79. The summed E-state index contributed by atoms with van der Waals surface area (Å²) in [5.41, 5.74) is -0.0991. The molecule has 0 bridgehead atoms. The van der Waals surface area contributed by atoms with Gasteiger partial charge in [-0.3, -0.25) is 4.79 Å². The van der Waals surface area contributed by atoms with Gasteiger partial charge in [0.2, 0.25) is 0 Å². The summed E-state index contributed by atoms with van der Waals surface area (Å²) < 4.78 is 0. The number of carbonyl (C=O) groups is 2. The Morgan fingerprint density at radius 1 is 1.36 bits per heavy atom. The van der Waals surface area contributed by atoms with E-state index < -0.39 is 5.97 Å². The van der Waals surface area contributed by atoms with Crippen molar-refractivity contribution in [2.45, 2.75) is 32.6 Å². The van der Waals surface area contributed by atoms with Gasteiger partial charge in [-0.15, -0.1) is 0 Å². The van der Waals surface area contributed by atoms with Gasteiger partial charge in [0.25, 0.3) is 0 Å². The maximum absolute atomic E-state index is 11.1. The number of carbonyl (C=O) groups excluding carboxylic acids is 1. The first-order valence-electron chi connectivity index (χ1n) is 4.66. The van der Waals surface area contributed by atoms with E-state index in [1.807, 2.05) is 0 Å². The molecule has 0 aliphatic rings. The Morgan fingerprint density at radius 3 is 2.43 bits per heavy atom. The van der Waals surface area contributed by atoms with Gasteiger partial charge in [-0.25, -0.2) is 4.79 Å². The van der Waals surface area contributed by atoms with E-state index >= 15 is 0 Å². The molecule has 0 saturated heterocycles. The van der Waals surface area contributed by atoms with Gasteiger partial charge in [-0.2, -0.15) is 0 Å². The molecule has 0 aromatic heterocycles. The first-order valence-corrected chi connectivity index (χ1v) is 5.78. The van der Waals surface area contributed by atoms with Crippen LogP contribution in [0.15, 0.2) is 11.6 Å². The van der Waals surface area contributed by atoms with E-state index in [1.54, 1.807) is 0 Å². The van der Waals surface area contributed by atoms with Crippen molar-refractivity contribution in [3.8, 4) is 0 Å². The van der Waals surface area contributed by atoms with Crippen LogP contribution in [0.1, 0.15) is 32.6 Å². The quantitative estimate of drug-likeness (QED) is 0.252. The number of carboxylic acids is 1. The number of rotatable bonds is 7. The molecule has 0 fully saturated rings. The maximum atomic E-state index is 11.1. The van der Waals surface area contributed by atoms with Gasteiger partial charge in [-0.05, 0) is 12.8 Å². The monoisotopic (exact) mass is 262 g/mol. The molecule has 0 aliphatic heterocycles. The second-order valence-corrected chi connectivity index (χ2v) is 3.54. The van der Waals surface area contributed by atoms with Gasteiger partial charge in [0.15, 0.2) is 5.78 Å². The molecule has 0 atom stereocenters. The zero-order chi connectivity index (χ0) is 11.0. The largest absolute Gasteiger partial charge is 0.478 e. The van der Waals surface area contributed by atoms with Crippen LogP contribution in [0.2, 0.25) is 0 Å². The van der Waals surface area contributed by atoms with Gasteiger partial charge in [0.05, 0.1) is 10.9 Å². The molecular formula is C10H15BrO3. The van der Waals surface area contributed by atoms with Crippen LogP contribution >= 0.6 is 15.9 Å². The lowest BCUT2D eigenvalue weighted by Gasteiger charge is -1.98. The molecule has 0 unspecified atom stereocenters. The molecule has 0 saturated carbocycles. The van der Waals surface area contributed by atoms with Crippen molar-refractivity contribution in [1.29, 1.82) is 0 Å². The van der Waals surface area contributed by atoms with Gasteiger partial charge >= 0.3 is 5.97 Å². The van der Waals surface area contributed by atoms with Gasteiger partial charge in [-0.1, -0.05) is 41.8 Å². The number of halogens is 1. The summed E-state index contributed by atoms with van der Waals surface area (Å²) in [5.74, 6) is -1.50. The standard InChI is InChI=1S/C10H15BrO3/c1-2-3-4-5-6-8(10(13)14)9(12)7-11/h6H,2-5,7H2,1H3,(H,13,14). The molecule has 0 radical (unpaired) electrons. The van der Waals surface area contributed by atoms with Crippen LogP contribution in [-0.4, -0.2) is 22.2 Å². The number of alkyl halides is 1. The Kier molecular flexibility index (Phi) is 7.38. The van der Waals surface area contributed by atoms with Crippen LogP contribution in [0, 0.1) is 0 Å². The van der Waals surface area contributed by atoms with Crippen molar-refractivity contribution in [2.75, 3.05) is 5.33 Å². The number of carboxylic acid groups (broad SMARTS) is 1. The van der Waals surface area contributed by atoms with Crippen molar-refractivity contribution in [3.63, 3.8) is 0 Å². The molecule has 0 amide bonds. The number of unbranched alkanes of at least 4 members (excludes halogenated alkanes) is 3. The van der Waals surface area contributed by atoms with Crippen molar-refractivity contribution in [1.82, 2.24) is 0 Å². The minimum Gasteiger partial charge on any atom is -0.478 e. The smallest absolute Gasteiger partial charge is 0.339 e. The van der Waals surface area contributed by atoms with E-state index in [-0.39, 0.29) is 16.7 Å². The fourth-order valence-electron chi connectivity index (χ4n) is 1.03. The second-order valence-electron chi connectivity index (χ2n) is 2.98. The van der Waals surface area contributed by atoms with Crippen molar-refractivity contribution >= 4 is 27.7 Å². The highest BCUT2D eigenvalue weighted by molar-refractivity contribution is 9.09. The van der Waals surface area contributed by atoms with E-state index in [0.717, 1.165) is 19.3 Å². The van der Waals surface area contributed by atoms with E-state index in [9.17, 15) is 9.59 Å². The third-order valence-corrected chi connectivity index (χ3v) is 2.32. The second kappa shape index (κ2) is 7.74. The Labute approximate surface area is 92.3 Å². The molecule has 14 heavy (non-hydrogen) atoms. The number of aliphatic carboxylic acids is 1. The molecule has 80 valence electrons. The number of hydrogen-bond acceptors (Lipinski definition) is 2. The van der Waals surface area contributed by atoms with E-state index in [0.29, 0.717) is 6.42 Å². The lowest BCUT2D eigenvalue weighted by Crippen LogP contribution is -2.13. The average Bonchev–Trinajstić information content (AvgIpc) is 2.16. The molecule has 0 aromatic carbocycles. The summed E-state index contributed by atoms with van der Waals surface area (Å²) in [6, 6.07) is 0. The molecular weight excluding hydrogens is 248 g/mol. The normalized spacial score (nSPS) is 11.4. The third-order valence-electron chi connectivity index (χ3n) is 1.81. The van der Waals surface area contributed by atoms with Crippen LogP contribution in [0.4, 0.5) is 0 Å². The molecule has 0 aliphatic carbocycles.